The van der Waals surface area contributed by atoms with Crippen LogP contribution in [0.15, 0.2) is 364 Å². The molecule has 0 saturated carbocycles. The molecule has 2 unspecified atom stereocenters. The van der Waals surface area contributed by atoms with Gasteiger partial charge in [-0.25, -0.2) is 29.9 Å². The largest absolute Gasteiger partial charge is 0.212 e. The van der Waals surface area contributed by atoms with Gasteiger partial charge in [-0.05, 0) is 203 Å². The summed E-state index contributed by atoms with van der Waals surface area (Å²) in [6.07, 6.45) is 13.3. The van der Waals surface area contributed by atoms with Crippen LogP contribution in [0.4, 0.5) is 0 Å². The Kier molecular flexibility index (Phi) is 16.0. The summed E-state index contributed by atoms with van der Waals surface area (Å²) in [6.45, 7) is 4.58. The standard InChI is InChI=1S/C106H72N6/c1-66-51-57-83-74(60-66)35-24-50-93(83)101-107-100(77-37-21-36-76(62-77)98-87-45-18-15-42-84(87)96(71-30-7-4-8-31-71)85-43-16-19-46-88(85)98)108-104(109-101)95-64-79(61-75-32-11-14-41-82(75)95)73-56-58-90-94(63-73)99(89-47-20-17-44-86(89)97(90)72-54-52-68(53-55-72)67-26-5-3-6-27-67)78-38-25-59-106(2,65-78)105-111-102(91-48-22-33-69-28-9-12-39-80(69)91)110-103(112-105)92-49-23-34-70-29-10-13-40-81(70)92/h3-58,61-66H,59-60H2,1-2H3. The number of fused-ring (bicyclic) bond motifs is 8. The van der Waals surface area contributed by atoms with Crippen molar-refractivity contribution in [3.05, 3.63) is 387 Å². The maximum atomic E-state index is 5.69. The predicted octanol–water partition coefficient (Wildman–Crippen LogP) is 27.3. The van der Waals surface area contributed by atoms with Crippen molar-refractivity contribution >= 4 is 87.1 Å². The molecule has 6 nitrogen and oxygen atoms in total. The molecule has 112 heavy (non-hydrogen) atoms. The highest BCUT2D eigenvalue weighted by Crippen LogP contribution is 2.50. The Morgan fingerprint density at radius 2 is 0.696 bits per heavy atom. The summed E-state index contributed by atoms with van der Waals surface area (Å²) in [5.74, 6) is 4.20. The lowest BCUT2D eigenvalue weighted by Crippen LogP contribution is -2.25. The second kappa shape index (κ2) is 27.2. The van der Waals surface area contributed by atoms with E-state index in [0.717, 1.165) is 127 Å². The van der Waals surface area contributed by atoms with E-state index >= 15 is 0 Å². The van der Waals surface area contributed by atoms with E-state index in [1.165, 1.54) is 60.5 Å². The monoisotopic (exact) mass is 1430 g/mol. The number of nitrogens with zero attached hydrogens (tertiary/aromatic N) is 6. The molecule has 0 amide bonds. The first kappa shape index (κ1) is 66.0. The quantitative estimate of drug-likeness (QED) is 0.113. The molecule has 6 heteroatoms. The fourth-order valence-corrected chi connectivity index (χ4v) is 17.8. The number of allylic oxidation sites excluding steroid dienone is 5. The maximum Gasteiger partial charge on any atom is 0.164 e. The van der Waals surface area contributed by atoms with Gasteiger partial charge in [-0.15, -0.1) is 0 Å². The molecule has 0 spiro atoms. The fraction of sp³-hybridized carbons (Fsp3) is 0.0566. The summed E-state index contributed by atoms with van der Waals surface area (Å²) >= 11 is 0. The fourth-order valence-electron chi connectivity index (χ4n) is 17.8. The predicted molar refractivity (Wildman–Crippen MR) is 468 cm³/mol. The van der Waals surface area contributed by atoms with Crippen LogP contribution in [0.2, 0.25) is 0 Å². The van der Waals surface area contributed by atoms with E-state index < -0.39 is 5.41 Å². The van der Waals surface area contributed by atoms with Crippen LogP contribution in [0.25, 0.3) is 200 Å². The van der Waals surface area contributed by atoms with Crippen molar-refractivity contribution in [2.45, 2.75) is 32.1 Å². The minimum Gasteiger partial charge on any atom is -0.212 e. The van der Waals surface area contributed by atoms with Crippen molar-refractivity contribution in [1.82, 2.24) is 29.9 Å². The lowest BCUT2D eigenvalue weighted by atomic mass is 9.76. The van der Waals surface area contributed by atoms with E-state index in [1.807, 2.05) is 0 Å². The summed E-state index contributed by atoms with van der Waals surface area (Å²) in [5.41, 5.74) is 20.1. The Morgan fingerprint density at radius 1 is 0.277 bits per heavy atom. The van der Waals surface area contributed by atoms with Gasteiger partial charge in [0.25, 0.3) is 0 Å². The highest BCUT2D eigenvalue weighted by atomic mass is 15.1. The highest BCUT2D eigenvalue weighted by molar-refractivity contribution is 6.23. The highest BCUT2D eigenvalue weighted by Gasteiger charge is 2.33. The van der Waals surface area contributed by atoms with Gasteiger partial charge in [0.1, 0.15) is 5.82 Å². The van der Waals surface area contributed by atoms with E-state index in [-0.39, 0.29) is 0 Å². The Labute approximate surface area is 649 Å². The zero-order chi connectivity index (χ0) is 74.4. The molecule has 2 aromatic heterocycles. The van der Waals surface area contributed by atoms with Gasteiger partial charge in [-0.2, -0.15) is 0 Å². The van der Waals surface area contributed by atoms with Crippen LogP contribution in [0, 0.1) is 5.92 Å². The zero-order valence-electron chi connectivity index (χ0n) is 61.9. The number of benzene rings is 17. The lowest BCUT2D eigenvalue weighted by Gasteiger charge is -2.29. The Morgan fingerprint density at radius 3 is 1.31 bits per heavy atom. The molecule has 21 rings (SSSR count). The van der Waals surface area contributed by atoms with E-state index in [9.17, 15) is 0 Å². The average molecular weight is 1430 g/mol. The number of rotatable bonds is 12. The van der Waals surface area contributed by atoms with E-state index in [0.29, 0.717) is 47.3 Å². The molecular weight excluding hydrogens is 1360 g/mol. The third kappa shape index (κ3) is 11.5. The molecule has 0 saturated heterocycles. The van der Waals surface area contributed by atoms with Crippen LogP contribution in [-0.2, 0) is 11.8 Å². The van der Waals surface area contributed by atoms with Gasteiger partial charge in [0.2, 0.25) is 0 Å². The molecule has 0 fully saturated rings. The number of hydrogen-bond acceptors (Lipinski definition) is 6. The molecule has 2 aliphatic rings. The van der Waals surface area contributed by atoms with Gasteiger partial charge >= 0.3 is 0 Å². The first-order chi connectivity index (χ1) is 55.3. The van der Waals surface area contributed by atoms with Crippen molar-refractivity contribution in [3.63, 3.8) is 0 Å². The van der Waals surface area contributed by atoms with Crippen LogP contribution < -0.4 is 0 Å². The van der Waals surface area contributed by atoms with Gasteiger partial charge in [-0.3, -0.25) is 0 Å². The molecule has 17 aromatic carbocycles. The van der Waals surface area contributed by atoms with Crippen LogP contribution in [0.1, 0.15) is 42.8 Å². The second-order valence-corrected chi connectivity index (χ2v) is 30.2. The minimum atomic E-state index is -0.690. The van der Waals surface area contributed by atoms with Crippen LogP contribution >= 0.6 is 0 Å². The first-order valence-corrected chi connectivity index (χ1v) is 38.7. The van der Waals surface area contributed by atoms with Crippen molar-refractivity contribution in [3.8, 4) is 113 Å². The van der Waals surface area contributed by atoms with Gasteiger partial charge in [0, 0.05) is 33.2 Å². The van der Waals surface area contributed by atoms with Gasteiger partial charge in [0.15, 0.2) is 29.1 Å². The van der Waals surface area contributed by atoms with Gasteiger partial charge in [-0.1, -0.05) is 353 Å². The Bertz CT molecular complexity index is 6990. The van der Waals surface area contributed by atoms with Crippen LogP contribution in [-0.4, -0.2) is 29.9 Å². The second-order valence-electron chi connectivity index (χ2n) is 30.2. The molecule has 0 bridgehead atoms. The minimum absolute atomic E-state index is 0.407. The maximum absolute atomic E-state index is 5.69. The molecule has 2 atom stereocenters. The number of aromatic nitrogens is 6. The Balaban J connectivity index is 0.768. The summed E-state index contributed by atoms with van der Waals surface area (Å²) in [7, 11) is 0. The molecule has 19 aromatic rings. The molecule has 2 heterocycles. The van der Waals surface area contributed by atoms with Gasteiger partial charge < -0.3 is 0 Å². The number of hydrogen-bond donors (Lipinski definition) is 0. The third-order valence-electron chi connectivity index (χ3n) is 23.2. The molecule has 0 N–H and O–H groups in total. The van der Waals surface area contributed by atoms with E-state index in [1.54, 1.807) is 0 Å². The topological polar surface area (TPSA) is 77.3 Å². The van der Waals surface area contributed by atoms with E-state index in [4.69, 9.17) is 29.9 Å². The van der Waals surface area contributed by atoms with Gasteiger partial charge in [0.05, 0.1) is 0 Å². The van der Waals surface area contributed by atoms with E-state index in [2.05, 4.69) is 384 Å². The van der Waals surface area contributed by atoms with Crippen LogP contribution in [0.3, 0.4) is 0 Å². The zero-order valence-corrected chi connectivity index (χ0v) is 61.9. The molecular formula is C106H72N6. The molecule has 0 radical (unpaired) electrons. The summed E-state index contributed by atoms with van der Waals surface area (Å²) in [4.78, 5) is 33.6. The smallest absolute Gasteiger partial charge is 0.164 e. The normalized spacial score (nSPS) is 14.7. The molecule has 0 aliphatic heterocycles. The third-order valence-corrected chi connectivity index (χ3v) is 23.2. The van der Waals surface area contributed by atoms with Crippen molar-refractivity contribution in [2.24, 2.45) is 5.92 Å². The van der Waals surface area contributed by atoms with Crippen molar-refractivity contribution in [1.29, 1.82) is 0 Å². The first-order valence-electron chi connectivity index (χ1n) is 38.7. The molecule has 2 aliphatic carbocycles. The summed E-state index contributed by atoms with van der Waals surface area (Å²) in [5, 5.41) is 15.9. The van der Waals surface area contributed by atoms with Crippen LogP contribution in [0.5, 0.6) is 0 Å². The lowest BCUT2D eigenvalue weighted by molar-refractivity contribution is 0.556. The van der Waals surface area contributed by atoms with Crippen molar-refractivity contribution in [2.75, 3.05) is 0 Å². The molecule has 526 valence electrons. The average Bonchev–Trinajstić information content (AvgIpc) is 0.849. The van der Waals surface area contributed by atoms with Crippen molar-refractivity contribution < 1.29 is 0 Å². The SMILES string of the molecule is CC1C=Cc2c(cccc2-c2nc(-c3cccc(-c4c5ccccc5c(-c5ccccc5)c5ccccc45)c3)nc(-c3cc(-c4ccc5c(-c6ccc(-c7ccccc7)cc6)c6ccccc6c(C6=CC(C)(c7nc(-c8cccc9ccccc89)nc(-c8cccc9ccccc89)n7)CC=C6)c5c4)cc4ccccc34)n2)C1. The summed E-state index contributed by atoms with van der Waals surface area (Å²) < 4.78 is 0. The summed E-state index contributed by atoms with van der Waals surface area (Å²) in [6, 6.07) is 123. The Hall–Kier alpha value is -14.2.